The van der Waals surface area contributed by atoms with E-state index in [1.165, 1.54) is 19.2 Å². The zero-order chi connectivity index (χ0) is 14.6. The molecule has 0 amide bonds. The molecule has 2 aromatic rings. The van der Waals surface area contributed by atoms with E-state index in [1.54, 1.807) is 48.5 Å². The van der Waals surface area contributed by atoms with Gasteiger partial charge in [-0.1, -0.05) is 60.7 Å². The van der Waals surface area contributed by atoms with Crippen LogP contribution in [0, 0.1) is 6.10 Å². The minimum absolute atomic E-state index is 0.0932. The number of benzene rings is 2. The highest BCUT2D eigenvalue weighted by atomic mass is 19.4. The van der Waals surface area contributed by atoms with E-state index in [2.05, 4.69) is 0 Å². The molecular formula is C16H14F3O. The number of methoxy groups -OCH3 is 1. The summed E-state index contributed by atoms with van der Waals surface area (Å²) in [5.41, 5.74) is 0.599. The van der Waals surface area contributed by atoms with Crippen LogP contribution in [-0.4, -0.2) is 13.3 Å². The first-order valence-corrected chi connectivity index (χ1v) is 6.12. The van der Waals surface area contributed by atoms with Crippen molar-refractivity contribution in [1.82, 2.24) is 0 Å². The van der Waals surface area contributed by atoms with E-state index in [-0.39, 0.29) is 11.7 Å². The molecule has 1 radical (unpaired) electrons. The van der Waals surface area contributed by atoms with E-state index in [9.17, 15) is 13.2 Å². The van der Waals surface area contributed by atoms with Gasteiger partial charge in [-0.05, 0) is 11.1 Å². The zero-order valence-electron chi connectivity index (χ0n) is 10.9. The number of hydrogen-bond donors (Lipinski definition) is 0. The van der Waals surface area contributed by atoms with E-state index >= 15 is 0 Å². The van der Waals surface area contributed by atoms with Gasteiger partial charge in [0.15, 0.2) is 0 Å². The molecule has 0 spiro atoms. The number of hydrogen-bond acceptors (Lipinski definition) is 1. The van der Waals surface area contributed by atoms with Gasteiger partial charge in [0.05, 0.1) is 0 Å². The lowest BCUT2D eigenvalue weighted by molar-refractivity contribution is -0.156. The Bertz CT molecular complexity index is 522. The van der Waals surface area contributed by atoms with Crippen LogP contribution in [0.2, 0.25) is 0 Å². The van der Waals surface area contributed by atoms with Crippen molar-refractivity contribution in [2.45, 2.75) is 12.1 Å². The van der Waals surface area contributed by atoms with Crippen molar-refractivity contribution < 1.29 is 17.9 Å². The predicted octanol–water partition coefficient (Wildman–Crippen LogP) is 4.56. The monoisotopic (exact) mass is 279 g/mol. The summed E-state index contributed by atoms with van der Waals surface area (Å²) in [6, 6.07) is 16.1. The largest absolute Gasteiger partial charge is 0.398 e. The summed E-state index contributed by atoms with van der Waals surface area (Å²) in [6.45, 7) is 0. The Kier molecular flexibility index (Phi) is 4.45. The van der Waals surface area contributed by atoms with Crippen molar-refractivity contribution >= 4 is 0 Å². The molecule has 0 aliphatic carbocycles. The van der Waals surface area contributed by atoms with E-state index in [0.717, 1.165) is 0 Å². The second-order valence-corrected chi connectivity index (χ2v) is 4.32. The highest BCUT2D eigenvalue weighted by Gasteiger charge is 2.47. The summed E-state index contributed by atoms with van der Waals surface area (Å²) in [6.07, 6.45) is -4.51. The average molecular weight is 279 g/mol. The van der Waals surface area contributed by atoms with Gasteiger partial charge >= 0.3 is 6.18 Å². The van der Waals surface area contributed by atoms with Crippen LogP contribution in [0.4, 0.5) is 13.2 Å². The fourth-order valence-corrected chi connectivity index (χ4v) is 2.14. The molecule has 1 atom stereocenters. The van der Waals surface area contributed by atoms with Crippen LogP contribution in [-0.2, 0) is 4.74 Å². The summed E-state index contributed by atoms with van der Waals surface area (Å²) >= 11 is 0. The number of ether oxygens (including phenoxy) is 1. The highest BCUT2D eigenvalue weighted by Crippen LogP contribution is 2.44. The Labute approximate surface area is 116 Å². The van der Waals surface area contributed by atoms with Crippen LogP contribution in [0.15, 0.2) is 60.7 Å². The molecule has 0 aliphatic heterocycles. The van der Waals surface area contributed by atoms with E-state index < -0.39 is 12.1 Å². The summed E-state index contributed by atoms with van der Waals surface area (Å²) < 4.78 is 45.4. The molecule has 0 aromatic heterocycles. The molecule has 2 aromatic carbocycles. The van der Waals surface area contributed by atoms with Gasteiger partial charge in [0.25, 0.3) is 0 Å². The molecule has 0 saturated heterocycles. The molecule has 4 heteroatoms. The third-order valence-electron chi connectivity index (χ3n) is 3.00. The molecular weight excluding hydrogens is 265 g/mol. The molecule has 1 nitrogen and oxygen atoms in total. The first-order chi connectivity index (χ1) is 9.54. The predicted molar refractivity (Wildman–Crippen MR) is 71.0 cm³/mol. The summed E-state index contributed by atoms with van der Waals surface area (Å²) in [5, 5.41) is 0. The quantitative estimate of drug-likeness (QED) is 0.797. The van der Waals surface area contributed by atoms with Gasteiger partial charge in [0.2, 0.25) is 0 Å². The van der Waals surface area contributed by atoms with Gasteiger partial charge in [-0.2, -0.15) is 13.2 Å². The number of halogens is 3. The maximum absolute atomic E-state index is 13.4. The lowest BCUT2D eigenvalue weighted by Crippen LogP contribution is -2.28. The Morgan fingerprint density at radius 2 is 1.40 bits per heavy atom. The minimum atomic E-state index is -4.41. The van der Waals surface area contributed by atoms with Crippen molar-refractivity contribution in [3.05, 3.63) is 77.9 Å². The smallest absolute Gasteiger partial charge is 0.369 e. The standard InChI is InChI=1S/C16H14F3O/c1-20-15(13-10-6-3-7-11-13)14(16(17,18)19)12-8-4-2-5-9-12/h2-11,14H,1H3. The lowest BCUT2D eigenvalue weighted by Gasteiger charge is -2.27. The Morgan fingerprint density at radius 3 is 1.85 bits per heavy atom. The molecule has 0 bridgehead atoms. The van der Waals surface area contributed by atoms with Crippen LogP contribution in [0.3, 0.4) is 0 Å². The lowest BCUT2D eigenvalue weighted by atomic mass is 9.88. The van der Waals surface area contributed by atoms with Gasteiger partial charge in [-0.3, -0.25) is 0 Å². The molecule has 0 saturated carbocycles. The normalized spacial score (nSPS) is 13.4. The first-order valence-electron chi connectivity index (χ1n) is 6.12. The van der Waals surface area contributed by atoms with Crippen molar-refractivity contribution in [3.8, 4) is 0 Å². The second-order valence-electron chi connectivity index (χ2n) is 4.32. The van der Waals surface area contributed by atoms with E-state index in [4.69, 9.17) is 4.74 Å². The third-order valence-corrected chi connectivity index (χ3v) is 3.00. The SMILES string of the molecule is CO[C](c1ccccc1)C(c1ccccc1)C(F)(F)F. The van der Waals surface area contributed by atoms with E-state index in [0.29, 0.717) is 5.56 Å². The maximum atomic E-state index is 13.4. The topological polar surface area (TPSA) is 9.23 Å². The van der Waals surface area contributed by atoms with Crippen molar-refractivity contribution in [1.29, 1.82) is 0 Å². The molecule has 0 fully saturated rings. The van der Waals surface area contributed by atoms with Gasteiger partial charge in [0.1, 0.15) is 12.0 Å². The fraction of sp³-hybridized carbons (Fsp3) is 0.188. The molecule has 0 heterocycles. The third kappa shape index (κ3) is 3.20. The minimum Gasteiger partial charge on any atom is -0.369 e. The van der Waals surface area contributed by atoms with E-state index in [1.807, 2.05) is 0 Å². The molecule has 0 N–H and O–H groups in total. The van der Waals surface area contributed by atoms with Crippen molar-refractivity contribution in [2.24, 2.45) is 0 Å². The van der Waals surface area contributed by atoms with Crippen molar-refractivity contribution in [2.75, 3.05) is 7.11 Å². The van der Waals surface area contributed by atoms with Crippen LogP contribution in [0.5, 0.6) is 0 Å². The summed E-state index contributed by atoms with van der Waals surface area (Å²) in [7, 11) is 1.27. The van der Waals surface area contributed by atoms with Gasteiger partial charge < -0.3 is 4.74 Å². The van der Waals surface area contributed by atoms with Crippen LogP contribution in [0.25, 0.3) is 0 Å². The van der Waals surface area contributed by atoms with Crippen LogP contribution >= 0.6 is 0 Å². The Balaban J connectivity index is 2.46. The van der Waals surface area contributed by atoms with Gasteiger partial charge in [-0.15, -0.1) is 0 Å². The van der Waals surface area contributed by atoms with Gasteiger partial charge in [0, 0.05) is 7.11 Å². The van der Waals surface area contributed by atoms with Crippen LogP contribution < -0.4 is 0 Å². The highest BCUT2D eigenvalue weighted by molar-refractivity contribution is 5.37. The molecule has 20 heavy (non-hydrogen) atoms. The number of alkyl halides is 3. The van der Waals surface area contributed by atoms with Gasteiger partial charge in [-0.25, -0.2) is 0 Å². The zero-order valence-corrected chi connectivity index (χ0v) is 10.9. The average Bonchev–Trinajstić information content (AvgIpc) is 2.45. The maximum Gasteiger partial charge on any atom is 0.398 e. The molecule has 105 valence electrons. The molecule has 1 unspecified atom stereocenters. The molecule has 0 aliphatic rings. The summed E-state index contributed by atoms with van der Waals surface area (Å²) in [4.78, 5) is 0. The Morgan fingerprint density at radius 1 is 0.900 bits per heavy atom. The second kappa shape index (κ2) is 6.09. The molecule has 2 rings (SSSR count). The first kappa shape index (κ1) is 14.6. The van der Waals surface area contributed by atoms with Crippen molar-refractivity contribution in [3.63, 3.8) is 0 Å². The number of rotatable bonds is 4. The fourth-order valence-electron chi connectivity index (χ4n) is 2.14. The van der Waals surface area contributed by atoms with Crippen LogP contribution in [0.1, 0.15) is 17.0 Å². The Hall–Kier alpha value is -1.81. The summed E-state index contributed by atoms with van der Waals surface area (Å²) in [5.74, 6) is -1.77.